The third-order valence-electron chi connectivity index (χ3n) is 13.6. The van der Waals surface area contributed by atoms with E-state index in [1.165, 1.54) is 88.5 Å². The summed E-state index contributed by atoms with van der Waals surface area (Å²) in [5, 5.41) is 0. The van der Waals surface area contributed by atoms with Gasteiger partial charge in [0.2, 0.25) is 0 Å². The Morgan fingerprint density at radius 2 is 0.701 bits per heavy atom. The van der Waals surface area contributed by atoms with E-state index >= 15 is 0 Å². The Morgan fingerprint density at radius 1 is 0.391 bits per heavy atom. The number of amides is 4. The molecule has 476 valence electrons. The SMILES string of the molecule is CCCCC(=O)OCC.CCOC(=O)CC1CCCCC1.CCOC(=O)CCCCCN1C(=O)C=CC1=O.CCOC(=O)CCCCCN1C(=O)C=CC1=O.CCc1ccc(Oc2ccc(C)cc2)cc1.CCc1ccc(Oc2ccc(C)cc2)cc1. The third kappa shape index (κ3) is 34.8. The Balaban J connectivity index is 0.000000360. The lowest BCUT2D eigenvalue weighted by atomic mass is 9.87. The molecule has 1 saturated carbocycles. The summed E-state index contributed by atoms with van der Waals surface area (Å²) in [5.41, 5.74) is 5.15. The summed E-state index contributed by atoms with van der Waals surface area (Å²) in [7, 11) is 0. The van der Waals surface area contributed by atoms with Gasteiger partial charge in [0.1, 0.15) is 23.0 Å². The Morgan fingerprint density at radius 3 is 1.01 bits per heavy atom. The number of unbranched alkanes of at least 4 members (excludes halogenated alkanes) is 5. The van der Waals surface area contributed by atoms with Gasteiger partial charge in [-0.3, -0.25) is 48.2 Å². The largest absolute Gasteiger partial charge is 0.466 e. The van der Waals surface area contributed by atoms with E-state index in [0.717, 1.165) is 87.2 Å². The molecule has 0 saturated heterocycles. The number of carbonyl (C=O) groups is 8. The van der Waals surface area contributed by atoms with Crippen molar-refractivity contribution >= 4 is 47.5 Å². The first-order valence-corrected chi connectivity index (χ1v) is 31.4. The molecule has 7 rings (SSSR count). The number of hydrogen-bond donors (Lipinski definition) is 0. The van der Waals surface area contributed by atoms with Crippen LogP contribution in [-0.4, -0.2) is 96.8 Å². The minimum absolute atomic E-state index is 0.00981. The van der Waals surface area contributed by atoms with Gasteiger partial charge >= 0.3 is 23.9 Å². The first-order chi connectivity index (χ1) is 42.0. The maximum atomic E-state index is 11.2. The minimum atomic E-state index is -0.250. The second-order valence-corrected chi connectivity index (χ2v) is 20.8. The normalized spacial score (nSPS) is 13.0. The van der Waals surface area contributed by atoms with Gasteiger partial charge in [-0.2, -0.15) is 0 Å². The van der Waals surface area contributed by atoms with E-state index in [4.69, 9.17) is 28.4 Å². The van der Waals surface area contributed by atoms with Crippen molar-refractivity contribution in [2.24, 2.45) is 5.92 Å². The summed E-state index contributed by atoms with van der Waals surface area (Å²) in [6, 6.07) is 32.6. The number of imide groups is 2. The molecule has 1 aliphatic carbocycles. The molecular formula is C71H98N2O14. The van der Waals surface area contributed by atoms with Crippen molar-refractivity contribution in [1.29, 1.82) is 0 Å². The molecule has 3 aliphatic rings. The topological polar surface area (TPSA) is 198 Å². The fraction of sp³-hybridized carbons (Fsp3) is 0.493. The molecule has 0 radical (unpaired) electrons. The summed E-state index contributed by atoms with van der Waals surface area (Å²) >= 11 is 0. The molecule has 4 aromatic carbocycles. The molecule has 4 amide bonds. The summed E-state index contributed by atoms with van der Waals surface area (Å²) in [6.45, 7) is 20.4. The average Bonchev–Trinajstić information content (AvgIpc) is 4.27. The monoisotopic (exact) mass is 1200 g/mol. The maximum absolute atomic E-state index is 11.2. The first kappa shape index (κ1) is 75.2. The highest BCUT2D eigenvalue weighted by atomic mass is 16.5. The number of esters is 4. The van der Waals surface area contributed by atoms with Gasteiger partial charge in [0, 0.05) is 63.1 Å². The second kappa shape index (κ2) is 46.4. The molecule has 0 atom stereocenters. The standard InChI is InChI=1S/2C15H16O.2C12H17NO4.C10H18O2.C7H14O2/c2*1-3-13-6-10-15(11-7-13)16-14-8-4-12(2)5-9-14;2*1-2-17-12(16)6-4-3-5-9-13-10(14)7-8-11(13)15;1-2-12-10(11)8-9-6-4-3-5-7-9;1-3-5-6-7(8)9-4-2/h2*4-11H,3H2,1-2H3;2*7-8H,2-6,9H2,1H3;9H,2-8H2,1H3;3-6H2,1-2H3. The number of rotatable bonds is 27. The molecule has 2 heterocycles. The van der Waals surface area contributed by atoms with Crippen LogP contribution in [0.15, 0.2) is 121 Å². The summed E-state index contributed by atoms with van der Waals surface area (Å²) in [4.78, 5) is 90.9. The van der Waals surface area contributed by atoms with Crippen LogP contribution in [0.1, 0.15) is 180 Å². The molecule has 0 spiro atoms. The highest BCUT2D eigenvalue weighted by Crippen LogP contribution is 2.27. The van der Waals surface area contributed by atoms with Crippen LogP contribution in [0, 0.1) is 19.8 Å². The van der Waals surface area contributed by atoms with E-state index in [1.54, 1.807) is 13.8 Å². The summed E-state index contributed by atoms with van der Waals surface area (Å²) < 4.78 is 30.7. The van der Waals surface area contributed by atoms with Crippen LogP contribution in [-0.2, 0) is 70.1 Å². The maximum Gasteiger partial charge on any atom is 0.306 e. The van der Waals surface area contributed by atoms with Crippen LogP contribution in [0.5, 0.6) is 23.0 Å². The highest BCUT2D eigenvalue weighted by Gasteiger charge is 2.23. The number of carbonyl (C=O) groups excluding carboxylic acids is 8. The van der Waals surface area contributed by atoms with Crippen molar-refractivity contribution < 1.29 is 66.8 Å². The first-order valence-electron chi connectivity index (χ1n) is 31.4. The molecule has 16 nitrogen and oxygen atoms in total. The van der Waals surface area contributed by atoms with Gasteiger partial charge in [0.05, 0.1) is 26.4 Å². The van der Waals surface area contributed by atoms with Gasteiger partial charge in [-0.25, -0.2) is 0 Å². The lowest BCUT2D eigenvalue weighted by molar-refractivity contribution is -0.145. The van der Waals surface area contributed by atoms with Gasteiger partial charge in [0.25, 0.3) is 23.6 Å². The van der Waals surface area contributed by atoms with Crippen LogP contribution in [0.2, 0.25) is 0 Å². The second-order valence-electron chi connectivity index (χ2n) is 20.8. The molecule has 16 heteroatoms. The Labute approximate surface area is 518 Å². The molecule has 2 aliphatic heterocycles. The zero-order valence-corrected chi connectivity index (χ0v) is 53.4. The highest BCUT2D eigenvalue weighted by molar-refractivity contribution is 6.13. The van der Waals surface area contributed by atoms with Gasteiger partial charge in [-0.1, -0.05) is 119 Å². The van der Waals surface area contributed by atoms with Gasteiger partial charge in [0.15, 0.2) is 0 Å². The van der Waals surface area contributed by atoms with Crippen molar-refractivity contribution in [2.45, 2.75) is 184 Å². The molecule has 0 aromatic heterocycles. The Hall–Kier alpha value is -7.88. The van der Waals surface area contributed by atoms with Crippen molar-refractivity contribution in [3.05, 3.63) is 144 Å². The predicted molar refractivity (Wildman–Crippen MR) is 340 cm³/mol. The zero-order valence-electron chi connectivity index (χ0n) is 53.4. The third-order valence-corrected chi connectivity index (χ3v) is 13.6. The molecule has 0 unspecified atom stereocenters. The molecular weight excluding hydrogens is 1100 g/mol. The van der Waals surface area contributed by atoms with Crippen LogP contribution in [0.25, 0.3) is 0 Å². The number of ether oxygens (including phenoxy) is 6. The number of hydrogen-bond acceptors (Lipinski definition) is 14. The van der Waals surface area contributed by atoms with Crippen molar-refractivity contribution in [2.75, 3.05) is 39.5 Å². The molecule has 0 N–H and O–H groups in total. The molecule has 4 aromatic rings. The smallest absolute Gasteiger partial charge is 0.306 e. The van der Waals surface area contributed by atoms with Crippen LogP contribution in [0.3, 0.4) is 0 Å². The number of nitrogens with zero attached hydrogens (tertiary/aromatic N) is 2. The van der Waals surface area contributed by atoms with E-state index in [1.807, 2.05) is 62.4 Å². The lowest BCUT2D eigenvalue weighted by Gasteiger charge is -2.20. The van der Waals surface area contributed by atoms with Gasteiger partial charge in [-0.15, -0.1) is 0 Å². The van der Waals surface area contributed by atoms with Gasteiger partial charge in [-0.05, 0) is 165 Å². The molecule has 0 bridgehead atoms. The van der Waals surface area contributed by atoms with Crippen molar-refractivity contribution in [1.82, 2.24) is 9.80 Å². The van der Waals surface area contributed by atoms with Crippen LogP contribution in [0.4, 0.5) is 0 Å². The van der Waals surface area contributed by atoms with Crippen LogP contribution < -0.4 is 9.47 Å². The van der Waals surface area contributed by atoms with E-state index < -0.39 is 0 Å². The fourth-order valence-corrected chi connectivity index (χ4v) is 8.67. The summed E-state index contributed by atoms with van der Waals surface area (Å²) in [5.74, 6) is 2.69. The number of aryl methyl sites for hydroxylation is 4. The Kier molecular flexibility index (Phi) is 40.1. The summed E-state index contributed by atoms with van der Waals surface area (Å²) in [6.07, 6.45) is 22.1. The van der Waals surface area contributed by atoms with Crippen LogP contribution >= 0.6 is 0 Å². The van der Waals surface area contributed by atoms with E-state index in [9.17, 15) is 38.4 Å². The quantitative estimate of drug-likeness (QED) is 0.0236. The zero-order chi connectivity index (χ0) is 64.0. The Bertz CT molecular complexity index is 2480. The molecule has 1 fully saturated rings. The number of benzene rings is 4. The van der Waals surface area contributed by atoms with E-state index in [2.05, 4.69) is 83.1 Å². The van der Waals surface area contributed by atoms with Crippen molar-refractivity contribution in [3.8, 4) is 23.0 Å². The predicted octanol–water partition coefficient (Wildman–Crippen LogP) is 15.0. The van der Waals surface area contributed by atoms with Gasteiger partial charge < -0.3 is 28.4 Å². The minimum Gasteiger partial charge on any atom is -0.466 e. The van der Waals surface area contributed by atoms with E-state index in [-0.39, 0.29) is 47.5 Å². The lowest BCUT2D eigenvalue weighted by Crippen LogP contribution is -2.30. The van der Waals surface area contributed by atoms with E-state index in [0.29, 0.717) is 71.1 Å². The fourth-order valence-electron chi connectivity index (χ4n) is 8.67. The van der Waals surface area contributed by atoms with Crippen molar-refractivity contribution in [3.63, 3.8) is 0 Å². The average molecular weight is 1200 g/mol. The molecule has 87 heavy (non-hydrogen) atoms.